The quantitative estimate of drug-likeness (QED) is 0.615. The van der Waals surface area contributed by atoms with Gasteiger partial charge in [0.1, 0.15) is 5.76 Å². The van der Waals surface area contributed by atoms with E-state index in [0.29, 0.717) is 5.92 Å². The van der Waals surface area contributed by atoms with Gasteiger partial charge < -0.3 is 10.1 Å². The summed E-state index contributed by atoms with van der Waals surface area (Å²) in [5.74, 6) is 1.30. The minimum Gasteiger partial charge on any atom is -0.486 e. The first-order valence-corrected chi connectivity index (χ1v) is 4.85. The number of ether oxygens (including phenoxy) is 1. The first-order chi connectivity index (χ1) is 6.84. The smallest absolute Gasteiger partial charge is 0.258 e. The first-order valence-electron chi connectivity index (χ1n) is 4.85. The van der Waals surface area contributed by atoms with Crippen LogP contribution in [-0.2, 0) is 9.53 Å². The molecule has 14 heavy (non-hydrogen) atoms. The molecule has 0 aromatic carbocycles. The van der Waals surface area contributed by atoms with Crippen molar-refractivity contribution in [3.63, 3.8) is 0 Å². The Kier molecular flexibility index (Phi) is 1.54. The maximum Gasteiger partial charge on any atom is 0.258 e. The summed E-state index contributed by atoms with van der Waals surface area (Å²) in [5, 5.41) is 2.97. The summed E-state index contributed by atoms with van der Waals surface area (Å²) in [5.41, 5.74) is 1.27. The molecule has 1 fully saturated rings. The van der Waals surface area contributed by atoms with Gasteiger partial charge in [0.2, 0.25) is 0 Å². The van der Waals surface area contributed by atoms with Gasteiger partial charge in [0.15, 0.2) is 6.61 Å². The predicted octanol–water partition coefficient (Wildman–Crippen LogP) is 0.901. The zero-order valence-corrected chi connectivity index (χ0v) is 7.69. The lowest BCUT2D eigenvalue weighted by molar-refractivity contribution is -0.128. The van der Waals surface area contributed by atoms with E-state index in [4.69, 9.17) is 4.74 Å². The molecule has 2 unspecified atom stereocenters. The minimum absolute atomic E-state index is 0.0112. The molecule has 0 aromatic rings. The van der Waals surface area contributed by atoms with Crippen molar-refractivity contribution in [3.8, 4) is 0 Å². The van der Waals surface area contributed by atoms with Crippen LogP contribution in [0.3, 0.4) is 0 Å². The summed E-state index contributed by atoms with van der Waals surface area (Å²) in [6.07, 6.45) is 9.32. The Bertz CT molecular complexity index is 379. The van der Waals surface area contributed by atoms with Crippen molar-refractivity contribution in [2.45, 2.75) is 12.5 Å². The maximum atomic E-state index is 11.2. The number of allylic oxidation sites excluding steroid dienone is 4. The van der Waals surface area contributed by atoms with Crippen molar-refractivity contribution in [1.82, 2.24) is 5.32 Å². The molecule has 1 N–H and O–H groups in total. The Morgan fingerprint density at radius 3 is 3.36 bits per heavy atom. The van der Waals surface area contributed by atoms with Gasteiger partial charge >= 0.3 is 0 Å². The van der Waals surface area contributed by atoms with Gasteiger partial charge in [-0.15, -0.1) is 0 Å². The molecule has 2 atom stereocenters. The largest absolute Gasteiger partial charge is 0.486 e. The Balaban J connectivity index is 1.95. The number of carbonyl (C=O) groups is 1. The lowest BCUT2D eigenvalue weighted by Gasteiger charge is -2.28. The summed E-state index contributed by atoms with van der Waals surface area (Å²) in [6, 6.07) is 0.0763. The molecule has 3 rings (SSSR count). The fourth-order valence-corrected chi connectivity index (χ4v) is 2.27. The summed E-state index contributed by atoms with van der Waals surface area (Å²) >= 11 is 0. The Morgan fingerprint density at radius 2 is 2.43 bits per heavy atom. The number of nitrogens with one attached hydrogen (secondary N) is 1. The average Bonchev–Trinajstić information content (AvgIpc) is 2.56. The third-order valence-corrected chi connectivity index (χ3v) is 2.95. The highest BCUT2D eigenvalue weighted by molar-refractivity contribution is 5.79. The van der Waals surface area contributed by atoms with Crippen LogP contribution in [0.2, 0.25) is 0 Å². The molecule has 3 heteroatoms. The van der Waals surface area contributed by atoms with Crippen LogP contribution in [0.1, 0.15) is 6.42 Å². The lowest BCUT2D eigenvalue weighted by atomic mass is 9.90. The Labute approximate surface area is 82.1 Å². The van der Waals surface area contributed by atoms with E-state index < -0.39 is 0 Å². The van der Waals surface area contributed by atoms with Crippen LogP contribution in [0.4, 0.5) is 0 Å². The van der Waals surface area contributed by atoms with Crippen LogP contribution in [0.25, 0.3) is 0 Å². The Hall–Kier alpha value is -1.51. The van der Waals surface area contributed by atoms with Gasteiger partial charge in [0.05, 0.1) is 6.04 Å². The van der Waals surface area contributed by atoms with E-state index in [2.05, 4.69) is 29.6 Å². The molecule has 1 saturated heterocycles. The molecule has 1 aliphatic heterocycles. The maximum absolute atomic E-state index is 11.2. The van der Waals surface area contributed by atoms with Crippen LogP contribution in [0.15, 0.2) is 35.6 Å². The third-order valence-electron chi connectivity index (χ3n) is 2.95. The molecule has 0 radical (unpaired) electrons. The van der Waals surface area contributed by atoms with Crippen molar-refractivity contribution in [1.29, 1.82) is 0 Å². The van der Waals surface area contributed by atoms with E-state index in [1.165, 1.54) is 5.57 Å². The van der Waals surface area contributed by atoms with Gasteiger partial charge in [0.25, 0.3) is 5.91 Å². The van der Waals surface area contributed by atoms with Crippen LogP contribution in [-0.4, -0.2) is 18.6 Å². The van der Waals surface area contributed by atoms with Crippen molar-refractivity contribution in [2.75, 3.05) is 6.61 Å². The van der Waals surface area contributed by atoms with Gasteiger partial charge in [-0.25, -0.2) is 0 Å². The van der Waals surface area contributed by atoms with E-state index in [1.807, 2.05) is 0 Å². The minimum atomic E-state index is -0.0112. The van der Waals surface area contributed by atoms with Gasteiger partial charge in [0, 0.05) is 5.92 Å². The monoisotopic (exact) mass is 189 g/mol. The summed E-state index contributed by atoms with van der Waals surface area (Å²) < 4.78 is 5.39. The van der Waals surface area contributed by atoms with Crippen molar-refractivity contribution in [3.05, 3.63) is 35.6 Å². The highest BCUT2D eigenvalue weighted by Gasteiger charge is 2.38. The summed E-state index contributed by atoms with van der Waals surface area (Å²) in [7, 11) is 0. The number of morpholine rings is 1. The fourth-order valence-electron chi connectivity index (χ4n) is 2.27. The van der Waals surface area contributed by atoms with E-state index in [0.717, 1.165) is 12.2 Å². The van der Waals surface area contributed by atoms with Gasteiger partial charge in [-0.1, -0.05) is 18.2 Å². The number of hydrogen-bond donors (Lipinski definition) is 1. The van der Waals surface area contributed by atoms with Gasteiger partial charge in [-0.05, 0) is 18.1 Å². The number of rotatable bonds is 0. The van der Waals surface area contributed by atoms with Crippen LogP contribution >= 0.6 is 0 Å². The van der Waals surface area contributed by atoms with E-state index >= 15 is 0 Å². The average molecular weight is 189 g/mol. The highest BCUT2D eigenvalue weighted by atomic mass is 16.5. The summed E-state index contributed by atoms with van der Waals surface area (Å²) in [6.45, 7) is 0.162. The van der Waals surface area contributed by atoms with Crippen LogP contribution in [0, 0.1) is 5.92 Å². The topological polar surface area (TPSA) is 38.3 Å². The van der Waals surface area contributed by atoms with Crippen molar-refractivity contribution >= 4 is 5.91 Å². The third kappa shape index (κ3) is 1.02. The Morgan fingerprint density at radius 1 is 1.50 bits per heavy atom. The fraction of sp³-hybridized carbons (Fsp3) is 0.364. The molecule has 72 valence electrons. The van der Waals surface area contributed by atoms with Crippen LogP contribution < -0.4 is 5.32 Å². The van der Waals surface area contributed by atoms with E-state index in [-0.39, 0.29) is 18.6 Å². The second-order valence-electron chi connectivity index (χ2n) is 3.82. The molecule has 0 bridgehead atoms. The molecule has 3 aliphatic rings. The number of amides is 1. The number of hydrogen-bond acceptors (Lipinski definition) is 2. The van der Waals surface area contributed by atoms with Gasteiger partial charge in [-0.2, -0.15) is 0 Å². The van der Waals surface area contributed by atoms with E-state index in [9.17, 15) is 4.79 Å². The molecule has 2 aliphatic carbocycles. The van der Waals surface area contributed by atoms with Crippen LogP contribution in [0.5, 0.6) is 0 Å². The number of carbonyl (C=O) groups excluding carboxylic acids is 1. The SMILES string of the molecule is O=C1COC2=CC3=CC=CCC3C2N1. The van der Waals surface area contributed by atoms with Gasteiger partial charge in [-0.3, -0.25) is 4.79 Å². The highest BCUT2D eigenvalue weighted by Crippen LogP contribution is 2.37. The van der Waals surface area contributed by atoms with E-state index in [1.54, 1.807) is 0 Å². The molecule has 0 spiro atoms. The molecule has 1 amide bonds. The second kappa shape index (κ2) is 2.74. The molecule has 1 heterocycles. The zero-order valence-electron chi connectivity index (χ0n) is 7.69. The molecule has 3 nitrogen and oxygen atoms in total. The zero-order chi connectivity index (χ0) is 9.54. The molecular formula is C11H11NO2. The second-order valence-corrected chi connectivity index (χ2v) is 3.82. The molecule has 0 aromatic heterocycles. The first kappa shape index (κ1) is 7.85. The summed E-state index contributed by atoms with van der Waals surface area (Å²) in [4.78, 5) is 11.2. The molecule has 0 saturated carbocycles. The molecular weight excluding hydrogens is 178 g/mol. The number of fused-ring (bicyclic) bond motifs is 3. The van der Waals surface area contributed by atoms with Crippen molar-refractivity contribution < 1.29 is 9.53 Å². The predicted molar refractivity (Wildman–Crippen MR) is 51.3 cm³/mol. The normalized spacial score (nSPS) is 33.6. The van der Waals surface area contributed by atoms with Crippen molar-refractivity contribution in [2.24, 2.45) is 5.92 Å². The lowest BCUT2D eigenvalue weighted by Crippen LogP contribution is -2.46. The standard InChI is InChI=1S/C11H11NO2/c13-10-6-14-9-5-7-3-1-2-4-8(7)11(9)12-10/h1-3,5,8,11H,4,6H2,(H,12,13).